The topological polar surface area (TPSA) is 30.1 Å². The highest BCUT2D eigenvalue weighted by atomic mass is 16.5. The molecule has 5 rings (SSSR count). The van der Waals surface area contributed by atoms with Crippen LogP contribution in [-0.4, -0.2) is 18.2 Å². The van der Waals surface area contributed by atoms with Crippen LogP contribution in [0.2, 0.25) is 0 Å². The van der Waals surface area contributed by atoms with Crippen molar-refractivity contribution < 1.29 is 9.30 Å². The van der Waals surface area contributed by atoms with Crippen LogP contribution < -0.4 is 14.6 Å². The first-order valence-electron chi connectivity index (χ1n) is 10.5. The third-order valence-corrected chi connectivity index (χ3v) is 5.73. The maximum Gasteiger partial charge on any atom is 0.362 e. The Hall–Kier alpha value is -3.53. The van der Waals surface area contributed by atoms with Crippen molar-refractivity contribution in [3.05, 3.63) is 85.1 Å². The van der Waals surface area contributed by atoms with Gasteiger partial charge in [0.2, 0.25) is 0 Å². The van der Waals surface area contributed by atoms with Gasteiger partial charge in [0.1, 0.15) is 23.3 Å². The van der Waals surface area contributed by atoms with Crippen molar-refractivity contribution in [3.63, 3.8) is 0 Å². The van der Waals surface area contributed by atoms with E-state index in [4.69, 9.17) is 4.74 Å². The van der Waals surface area contributed by atoms with Gasteiger partial charge in [-0.05, 0) is 48.2 Å². The number of imidazole rings is 1. The Morgan fingerprint density at radius 2 is 1.67 bits per heavy atom. The summed E-state index contributed by atoms with van der Waals surface area (Å²) < 4.78 is 10.3. The molecule has 1 aliphatic heterocycles. The summed E-state index contributed by atoms with van der Waals surface area (Å²) in [5.41, 5.74) is 5.87. The highest BCUT2D eigenvalue weighted by molar-refractivity contribution is 5.68. The number of benzene rings is 3. The minimum Gasteiger partial charge on any atom is -0.496 e. The second-order valence-electron chi connectivity index (χ2n) is 7.61. The fourth-order valence-corrected chi connectivity index (χ4v) is 4.23. The predicted molar refractivity (Wildman–Crippen MR) is 121 cm³/mol. The van der Waals surface area contributed by atoms with Crippen molar-refractivity contribution in [3.8, 4) is 33.8 Å². The molecule has 1 aliphatic rings. The lowest BCUT2D eigenvalue weighted by Gasteiger charge is -2.08. The highest BCUT2D eigenvalue weighted by Gasteiger charge is 2.27. The van der Waals surface area contributed by atoms with Crippen molar-refractivity contribution in [1.82, 2.24) is 4.57 Å². The molecule has 0 bridgehead atoms. The molecule has 1 N–H and O–H groups in total. The first-order chi connectivity index (χ1) is 14.8. The van der Waals surface area contributed by atoms with E-state index < -0.39 is 0 Å². The molecule has 0 spiro atoms. The van der Waals surface area contributed by atoms with E-state index in [1.165, 1.54) is 16.8 Å². The van der Waals surface area contributed by atoms with Gasteiger partial charge in [0.15, 0.2) is 0 Å². The van der Waals surface area contributed by atoms with Gasteiger partial charge in [-0.2, -0.15) is 0 Å². The summed E-state index contributed by atoms with van der Waals surface area (Å²) in [4.78, 5) is 0. The molecule has 150 valence electrons. The van der Waals surface area contributed by atoms with E-state index in [-0.39, 0.29) is 0 Å². The van der Waals surface area contributed by atoms with Crippen LogP contribution in [-0.2, 0) is 6.54 Å². The van der Waals surface area contributed by atoms with E-state index in [0.29, 0.717) is 0 Å². The molecule has 0 atom stereocenters. The molecule has 0 radical (unpaired) electrons. The molecule has 3 aromatic carbocycles. The quantitative estimate of drug-likeness (QED) is 0.474. The van der Waals surface area contributed by atoms with E-state index >= 15 is 0 Å². The van der Waals surface area contributed by atoms with Gasteiger partial charge in [-0.3, -0.25) is 5.32 Å². The molecule has 0 aliphatic carbocycles. The van der Waals surface area contributed by atoms with Crippen LogP contribution in [0.15, 0.2) is 85.1 Å². The molecule has 4 nitrogen and oxygen atoms in total. The molecule has 0 amide bonds. The predicted octanol–water partition coefficient (Wildman–Crippen LogP) is 5.31. The van der Waals surface area contributed by atoms with Gasteiger partial charge >= 0.3 is 5.95 Å². The van der Waals surface area contributed by atoms with Crippen LogP contribution in [0.5, 0.6) is 5.75 Å². The summed E-state index contributed by atoms with van der Waals surface area (Å²) in [6.07, 6.45) is 4.55. The molecule has 0 fully saturated rings. The Kier molecular flexibility index (Phi) is 4.98. The van der Waals surface area contributed by atoms with Gasteiger partial charge in [0.25, 0.3) is 0 Å². The van der Waals surface area contributed by atoms with E-state index in [1.54, 1.807) is 7.11 Å². The zero-order valence-electron chi connectivity index (χ0n) is 17.2. The zero-order chi connectivity index (χ0) is 20.3. The Morgan fingerprint density at radius 3 is 2.53 bits per heavy atom. The molecular formula is C26H26N3O+. The highest BCUT2D eigenvalue weighted by Crippen LogP contribution is 2.32. The van der Waals surface area contributed by atoms with Crippen LogP contribution in [0, 0.1) is 0 Å². The number of nitrogens with one attached hydrogen (secondary N) is 1. The minimum atomic E-state index is 0.896. The molecule has 30 heavy (non-hydrogen) atoms. The Bertz CT molecular complexity index is 1160. The van der Waals surface area contributed by atoms with Gasteiger partial charge in [-0.25, -0.2) is 9.13 Å². The summed E-state index contributed by atoms with van der Waals surface area (Å²) in [7, 11) is 1.74. The van der Waals surface area contributed by atoms with Gasteiger partial charge < -0.3 is 4.74 Å². The minimum absolute atomic E-state index is 0.896. The van der Waals surface area contributed by atoms with Crippen LogP contribution in [0.3, 0.4) is 0 Å². The molecule has 1 aromatic heterocycles. The normalized spacial score (nSPS) is 13.2. The summed E-state index contributed by atoms with van der Waals surface area (Å²) >= 11 is 0. The number of aromatic nitrogens is 2. The lowest BCUT2D eigenvalue weighted by molar-refractivity contribution is -0.670. The molecule has 4 aromatic rings. The third-order valence-electron chi connectivity index (χ3n) is 5.73. The second kappa shape index (κ2) is 8.07. The van der Waals surface area contributed by atoms with E-state index in [9.17, 15) is 0 Å². The summed E-state index contributed by atoms with van der Waals surface area (Å²) in [6.45, 7) is 1.97. The number of hydrogen-bond acceptors (Lipinski definition) is 2. The molecular weight excluding hydrogens is 370 g/mol. The molecule has 0 unspecified atom stereocenters. The summed E-state index contributed by atoms with van der Waals surface area (Å²) in [6, 6.07) is 27.5. The number of nitrogens with zero attached hydrogens (tertiary/aromatic N) is 2. The number of para-hydroxylation sites is 1. The second-order valence-corrected chi connectivity index (χ2v) is 7.61. The fourth-order valence-electron chi connectivity index (χ4n) is 4.23. The van der Waals surface area contributed by atoms with Gasteiger partial charge in [0, 0.05) is 0 Å². The Morgan fingerprint density at radius 1 is 0.867 bits per heavy atom. The van der Waals surface area contributed by atoms with E-state index in [2.05, 4.69) is 87.4 Å². The number of fused-ring (bicyclic) bond motifs is 1. The number of hydrogen-bond donors (Lipinski definition) is 1. The first kappa shape index (κ1) is 18.5. The molecule has 2 heterocycles. The Labute approximate surface area is 177 Å². The van der Waals surface area contributed by atoms with E-state index in [0.717, 1.165) is 48.9 Å². The lowest BCUT2D eigenvalue weighted by atomic mass is 10.1. The zero-order valence-corrected chi connectivity index (χ0v) is 17.2. The maximum absolute atomic E-state index is 5.67. The van der Waals surface area contributed by atoms with Crippen LogP contribution in [0.25, 0.3) is 28.1 Å². The number of ether oxygens (including phenoxy) is 1. The van der Waals surface area contributed by atoms with Crippen LogP contribution >= 0.6 is 0 Å². The van der Waals surface area contributed by atoms with Crippen molar-refractivity contribution in [1.29, 1.82) is 0 Å². The SMILES string of the molecule is COc1ccccc1-c1cn(-c2cccc(-c3ccccc3)c2)c2[n+]1CCCCN2. The van der Waals surface area contributed by atoms with Crippen molar-refractivity contribution in [2.75, 3.05) is 19.0 Å². The van der Waals surface area contributed by atoms with Gasteiger partial charge in [-0.15, -0.1) is 0 Å². The summed E-state index contributed by atoms with van der Waals surface area (Å²) in [5, 5.41) is 3.66. The largest absolute Gasteiger partial charge is 0.496 e. The maximum atomic E-state index is 5.67. The standard InChI is InChI=1S/C26H25N3O/c1-30-25-15-6-5-14-23(25)24-19-29(26-27-16-7-8-17-28(24)26)22-13-9-12-21(18-22)20-10-3-2-4-11-20/h2-6,9-15,18-19H,7-8,16-17H2,1H3/p+1. The van der Waals surface area contributed by atoms with Crippen LogP contribution in [0.4, 0.5) is 5.95 Å². The lowest BCUT2D eigenvalue weighted by Crippen LogP contribution is -2.36. The average Bonchev–Trinajstić information content (AvgIpc) is 3.00. The first-order valence-corrected chi connectivity index (χ1v) is 10.5. The van der Waals surface area contributed by atoms with Gasteiger partial charge in [-0.1, -0.05) is 54.6 Å². The van der Waals surface area contributed by atoms with Crippen LogP contribution in [0.1, 0.15) is 12.8 Å². The third kappa shape index (κ3) is 3.35. The van der Waals surface area contributed by atoms with Crippen molar-refractivity contribution in [2.24, 2.45) is 0 Å². The smallest absolute Gasteiger partial charge is 0.362 e. The summed E-state index contributed by atoms with van der Waals surface area (Å²) in [5.74, 6) is 2.02. The number of methoxy groups -OCH3 is 1. The molecule has 4 heteroatoms. The molecule has 0 saturated carbocycles. The monoisotopic (exact) mass is 396 g/mol. The number of rotatable bonds is 4. The van der Waals surface area contributed by atoms with E-state index in [1.807, 2.05) is 12.1 Å². The number of anilines is 1. The van der Waals surface area contributed by atoms with Crippen molar-refractivity contribution in [2.45, 2.75) is 19.4 Å². The fraction of sp³-hybridized carbons (Fsp3) is 0.192. The Balaban J connectivity index is 1.67. The molecule has 0 saturated heterocycles. The van der Waals surface area contributed by atoms with Gasteiger partial charge in [0.05, 0.1) is 25.8 Å². The van der Waals surface area contributed by atoms with Crippen molar-refractivity contribution >= 4 is 5.95 Å². The average molecular weight is 397 g/mol.